The van der Waals surface area contributed by atoms with Crippen LogP contribution in [0.5, 0.6) is 0 Å². The maximum atomic E-state index is 3.67. The van der Waals surface area contributed by atoms with Crippen LogP contribution in [0.2, 0.25) is 0 Å². The van der Waals surface area contributed by atoms with Gasteiger partial charge in [-0.1, -0.05) is 6.92 Å². The van der Waals surface area contributed by atoms with Gasteiger partial charge in [-0.3, -0.25) is 0 Å². The molecule has 0 aliphatic heterocycles. The fraction of sp³-hybridized carbons (Fsp3) is 0.385. The zero-order chi connectivity index (χ0) is 13.3. The van der Waals surface area contributed by atoms with Crippen molar-refractivity contribution in [1.29, 1.82) is 0 Å². The summed E-state index contributed by atoms with van der Waals surface area (Å²) in [6.07, 6.45) is 0. The van der Waals surface area contributed by atoms with E-state index in [1.807, 2.05) is 11.3 Å². The summed E-state index contributed by atoms with van der Waals surface area (Å²) in [4.78, 5) is 2.77. The molecule has 0 fully saturated rings. The molecule has 0 spiro atoms. The van der Waals surface area contributed by atoms with Crippen molar-refractivity contribution >= 4 is 54.5 Å². The second kappa shape index (κ2) is 6.18. The Balaban J connectivity index is 2.46. The summed E-state index contributed by atoms with van der Waals surface area (Å²) in [6.45, 7) is 7.48. The molecule has 2 heterocycles. The van der Waals surface area contributed by atoms with Gasteiger partial charge in [-0.15, -0.1) is 22.7 Å². The average Bonchev–Trinajstić information content (AvgIpc) is 2.78. The van der Waals surface area contributed by atoms with Gasteiger partial charge in [0.25, 0.3) is 0 Å². The van der Waals surface area contributed by atoms with E-state index in [2.05, 4.69) is 70.1 Å². The predicted molar refractivity (Wildman–Crippen MR) is 89.0 cm³/mol. The van der Waals surface area contributed by atoms with Crippen molar-refractivity contribution in [3.63, 3.8) is 0 Å². The van der Waals surface area contributed by atoms with Gasteiger partial charge < -0.3 is 5.32 Å². The molecule has 1 atom stereocenters. The molecule has 1 nitrogen and oxygen atoms in total. The summed E-state index contributed by atoms with van der Waals surface area (Å²) >= 11 is 10.8. The van der Waals surface area contributed by atoms with Crippen LogP contribution in [0.15, 0.2) is 19.7 Å². The maximum absolute atomic E-state index is 3.67. The first-order valence-corrected chi connectivity index (χ1v) is 8.99. The van der Waals surface area contributed by atoms with Gasteiger partial charge in [-0.2, -0.15) is 0 Å². The lowest BCUT2D eigenvalue weighted by molar-refractivity contribution is 0.630. The third-order valence-corrected chi connectivity index (χ3v) is 6.16. The second-order valence-corrected chi connectivity index (χ2v) is 9.35. The zero-order valence-corrected chi connectivity index (χ0v) is 15.3. The number of aryl methyl sites for hydroxylation is 2. The van der Waals surface area contributed by atoms with Crippen molar-refractivity contribution in [2.24, 2.45) is 0 Å². The summed E-state index contributed by atoms with van der Waals surface area (Å²) in [5, 5.41) is 3.59. The molecule has 98 valence electrons. The molecule has 1 N–H and O–H groups in total. The van der Waals surface area contributed by atoms with Crippen LogP contribution in [0, 0.1) is 13.8 Å². The number of hydrogen-bond acceptors (Lipinski definition) is 3. The number of hydrogen-bond donors (Lipinski definition) is 1. The summed E-state index contributed by atoms with van der Waals surface area (Å²) in [7, 11) is 0. The van der Waals surface area contributed by atoms with E-state index >= 15 is 0 Å². The number of rotatable bonds is 4. The van der Waals surface area contributed by atoms with Gasteiger partial charge in [0.1, 0.15) is 0 Å². The van der Waals surface area contributed by atoms with Crippen molar-refractivity contribution < 1.29 is 0 Å². The van der Waals surface area contributed by atoms with E-state index in [9.17, 15) is 0 Å². The Morgan fingerprint density at radius 2 is 1.89 bits per heavy atom. The minimum atomic E-state index is 0.275. The Hall–Kier alpha value is 0.320. The van der Waals surface area contributed by atoms with E-state index in [0.29, 0.717) is 0 Å². The van der Waals surface area contributed by atoms with Crippen LogP contribution >= 0.6 is 54.5 Å². The van der Waals surface area contributed by atoms with E-state index in [4.69, 9.17) is 0 Å². The quantitative estimate of drug-likeness (QED) is 0.688. The van der Waals surface area contributed by atoms with Crippen LogP contribution in [0.1, 0.15) is 33.8 Å². The average molecular weight is 409 g/mol. The van der Waals surface area contributed by atoms with Gasteiger partial charge >= 0.3 is 0 Å². The normalized spacial score (nSPS) is 12.9. The molecule has 2 rings (SSSR count). The zero-order valence-electron chi connectivity index (χ0n) is 10.5. The van der Waals surface area contributed by atoms with Crippen LogP contribution in [0.4, 0.5) is 0 Å². The van der Waals surface area contributed by atoms with E-state index < -0.39 is 0 Å². The van der Waals surface area contributed by atoms with E-state index in [0.717, 1.165) is 10.3 Å². The third kappa shape index (κ3) is 3.07. The van der Waals surface area contributed by atoms with Crippen LogP contribution in [0.25, 0.3) is 0 Å². The lowest BCUT2D eigenvalue weighted by Crippen LogP contribution is -2.22. The summed E-state index contributed by atoms with van der Waals surface area (Å²) in [5.41, 5.74) is 2.71. The molecule has 18 heavy (non-hydrogen) atoms. The molecule has 0 aliphatic carbocycles. The minimum Gasteiger partial charge on any atom is -0.306 e. The maximum Gasteiger partial charge on any atom is 0.0761 e. The van der Waals surface area contributed by atoms with E-state index in [1.165, 1.54) is 24.7 Å². The Kier molecular flexibility index (Phi) is 5.06. The molecule has 0 amide bonds. The van der Waals surface area contributed by atoms with Gasteiger partial charge in [0.05, 0.1) is 13.6 Å². The van der Waals surface area contributed by atoms with Gasteiger partial charge in [0.2, 0.25) is 0 Å². The van der Waals surface area contributed by atoms with E-state index in [1.54, 1.807) is 11.3 Å². The molecule has 2 aromatic rings. The Bertz CT molecular complexity index is 499. The smallest absolute Gasteiger partial charge is 0.0761 e. The molecular formula is C13H15Br2NS2. The molecule has 5 heteroatoms. The van der Waals surface area contributed by atoms with Crippen LogP contribution in [0.3, 0.4) is 0 Å². The Labute approximate surface area is 133 Å². The number of nitrogens with one attached hydrogen (secondary N) is 1. The first kappa shape index (κ1) is 14.7. The van der Waals surface area contributed by atoms with Crippen molar-refractivity contribution in [2.75, 3.05) is 6.54 Å². The highest BCUT2D eigenvalue weighted by atomic mass is 79.9. The minimum absolute atomic E-state index is 0.275. The molecule has 0 saturated carbocycles. The molecule has 0 radical (unpaired) electrons. The lowest BCUT2D eigenvalue weighted by atomic mass is 10.0. The monoisotopic (exact) mass is 407 g/mol. The molecule has 1 unspecified atom stereocenters. The molecular weight excluding hydrogens is 394 g/mol. The van der Waals surface area contributed by atoms with Crippen molar-refractivity contribution in [1.82, 2.24) is 5.32 Å². The first-order valence-electron chi connectivity index (χ1n) is 5.78. The first-order chi connectivity index (χ1) is 8.52. The fourth-order valence-corrected chi connectivity index (χ4v) is 5.94. The van der Waals surface area contributed by atoms with Crippen molar-refractivity contribution in [2.45, 2.75) is 26.8 Å². The Morgan fingerprint density at radius 1 is 1.17 bits per heavy atom. The second-order valence-electron chi connectivity index (χ2n) is 4.14. The van der Waals surface area contributed by atoms with Crippen molar-refractivity contribution in [3.8, 4) is 0 Å². The third-order valence-electron chi connectivity index (χ3n) is 2.79. The molecule has 0 aliphatic rings. The topological polar surface area (TPSA) is 12.0 Å². The highest BCUT2D eigenvalue weighted by Gasteiger charge is 2.21. The highest BCUT2D eigenvalue weighted by molar-refractivity contribution is 9.12. The van der Waals surface area contributed by atoms with Crippen LogP contribution in [-0.2, 0) is 0 Å². The highest BCUT2D eigenvalue weighted by Crippen LogP contribution is 2.39. The van der Waals surface area contributed by atoms with Crippen LogP contribution < -0.4 is 5.32 Å². The largest absolute Gasteiger partial charge is 0.306 e. The number of thiophene rings is 2. The van der Waals surface area contributed by atoms with Gasteiger partial charge in [0.15, 0.2) is 0 Å². The molecule has 0 aromatic carbocycles. The molecule has 2 aromatic heterocycles. The lowest BCUT2D eigenvalue weighted by Gasteiger charge is -2.17. The van der Waals surface area contributed by atoms with Crippen LogP contribution in [-0.4, -0.2) is 6.54 Å². The predicted octanol–water partition coefficient (Wildman–Crippen LogP) is 5.65. The fourth-order valence-electron chi connectivity index (χ4n) is 2.08. The van der Waals surface area contributed by atoms with Gasteiger partial charge in [-0.05, 0) is 75.5 Å². The Morgan fingerprint density at radius 3 is 2.33 bits per heavy atom. The van der Waals surface area contributed by atoms with Gasteiger partial charge in [-0.25, -0.2) is 0 Å². The number of halogens is 2. The van der Waals surface area contributed by atoms with Gasteiger partial charge in [0, 0.05) is 9.75 Å². The standard InChI is InChI=1S/C13H15Br2NS2/c1-4-16-12(9-5-7(2)17-8(9)3)10-6-11(14)18-13(10)15/h5-6,12,16H,4H2,1-3H3. The summed E-state index contributed by atoms with van der Waals surface area (Å²) in [5.74, 6) is 0. The molecule has 0 saturated heterocycles. The summed E-state index contributed by atoms with van der Waals surface area (Å²) < 4.78 is 2.36. The van der Waals surface area contributed by atoms with E-state index in [-0.39, 0.29) is 6.04 Å². The summed E-state index contributed by atoms with van der Waals surface area (Å²) in [6, 6.07) is 4.77. The van der Waals surface area contributed by atoms with Crippen molar-refractivity contribution in [3.05, 3.63) is 40.6 Å². The SMILES string of the molecule is CCNC(c1cc(C)sc1C)c1cc(Br)sc1Br. The molecule has 0 bridgehead atoms.